The number of carbonyl (C=O) groups is 2. The van der Waals surface area contributed by atoms with Gasteiger partial charge < -0.3 is 24.8 Å². The van der Waals surface area contributed by atoms with Crippen LogP contribution in [0.5, 0.6) is 0 Å². The number of benzene rings is 1. The molecule has 1 saturated heterocycles. The minimum absolute atomic E-state index is 0.493. The van der Waals surface area contributed by atoms with Crippen molar-refractivity contribution >= 4 is 40.2 Å². The van der Waals surface area contributed by atoms with E-state index in [0.29, 0.717) is 18.2 Å². The Labute approximate surface area is 149 Å². The fraction of sp³-hybridized carbons (Fsp3) is 0.294. The van der Waals surface area contributed by atoms with E-state index in [1.807, 2.05) is 18.2 Å². The van der Waals surface area contributed by atoms with Gasteiger partial charge in [-0.3, -0.25) is 0 Å². The number of hydrogen-bond acceptors (Lipinski definition) is 5. The van der Waals surface area contributed by atoms with Crippen LogP contribution in [0.15, 0.2) is 41.0 Å². The van der Waals surface area contributed by atoms with Gasteiger partial charge in [0.15, 0.2) is 5.58 Å². The van der Waals surface area contributed by atoms with E-state index in [-0.39, 0.29) is 0 Å². The average molecular weight is 367 g/mol. The third kappa shape index (κ3) is 5.51. The number of nitrogens with zero attached hydrogens (tertiary/aromatic N) is 1. The second-order valence-electron chi connectivity index (χ2n) is 5.57. The fourth-order valence-electron chi connectivity index (χ4n) is 2.56. The van der Waals surface area contributed by atoms with Crippen molar-refractivity contribution in [3.8, 4) is 0 Å². The molecule has 0 aliphatic carbocycles. The molecule has 1 aromatic carbocycles. The van der Waals surface area contributed by atoms with E-state index < -0.39 is 11.9 Å². The number of aliphatic carboxylic acids is 2. The first-order chi connectivity index (χ1) is 11.9. The number of rotatable bonds is 3. The molecule has 0 amide bonds. The highest BCUT2D eigenvalue weighted by Crippen LogP contribution is 2.32. The van der Waals surface area contributed by atoms with Crippen molar-refractivity contribution in [1.82, 2.24) is 5.32 Å². The number of anilines is 1. The maximum atomic E-state index is 9.55. The minimum Gasteiger partial charge on any atom is -0.478 e. The fourth-order valence-corrected chi connectivity index (χ4v) is 2.78. The van der Waals surface area contributed by atoms with Gasteiger partial charge in [0.2, 0.25) is 0 Å². The molecule has 1 atom stereocenters. The molecule has 0 spiro atoms. The molecule has 0 radical (unpaired) electrons. The molecule has 134 valence electrons. The monoisotopic (exact) mass is 366 g/mol. The molecule has 1 aliphatic heterocycles. The largest absolute Gasteiger partial charge is 0.478 e. The lowest BCUT2D eigenvalue weighted by Gasteiger charge is -2.33. The van der Waals surface area contributed by atoms with Crippen molar-refractivity contribution in [3.05, 3.63) is 41.6 Å². The molecule has 1 fully saturated rings. The molecule has 3 rings (SSSR count). The Morgan fingerprint density at radius 2 is 2.00 bits per heavy atom. The Balaban J connectivity index is 0.000000242. The van der Waals surface area contributed by atoms with E-state index >= 15 is 0 Å². The van der Waals surface area contributed by atoms with Crippen LogP contribution in [0.4, 0.5) is 5.69 Å². The number of hydrogen-bond donors (Lipinski definition) is 3. The molecule has 0 bridgehead atoms. The number of carboxylic acids is 2. The lowest BCUT2D eigenvalue weighted by molar-refractivity contribution is -0.134. The number of furan rings is 1. The van der Waals surface area contributed by atoms with Crippen molar-refractivity contribution < 1.29 is 24.2 Å². The molecule has 0 unspecified atom stereocenters. The summed E-state index contributed by atoms with van der Waals surface area (Å²) >= 11 is 6.15. The highest BCUT2D eigenvalue weighted by molar-refractivity contribution is 6.31. The zero-order valence-corrected chi connectivity index (χ0v) is 14.4. The first-order valence-corrected chi connectivity index (χ1v) is 8.03. The Hall–Kier alpha value is -2.51. The third-order valence-corrected chi connectivity index (χ3v) is 3.79. The molecule has 3 N–H and O–H groups in total. The van der Waals surface area contributed by atoms with Gasteiger partial charge in [-0.05, 0) is 25.1 Å². The van der Waals surface area contributed by atoms with Crippen LogP contribution in [0.1, 0.15) is 6.92 Å². The van der Waals surface area contributed by atoms with Crippen molar-refractivity contribution in [1.29, 1.82) is 0 Å². The van der Waals surface area contributed by atoms with Crippen molar-refractivity contribution in [3.63, 3.8) is 0 Å². The molecule has 2 aromatic rings. The topological polar surface area (TPSA) is 103 Å². The van der Waals surface area contributed by atoms with Crippen LogP contribution in [-0.4, -0.2) is 47.8 Å². The summed E-state index contributed by atoms with van der Waals surface area (Å²) in [5.41, 5.74) is 2.04. The Morgan fingerprint density at radius 1 is 1.32 bits per heavy atom. The smallest absolute Gasteiger partial charge is 0.328 e. The van der Waals surface area contributed by atoms with Gasteiger partial charge in [-0.2, -0.15) is 0 Å². The first kappa shape index (κ1) is 18.8. The van der Waals surface area contributed by atoms with E-state index in [1.165, 1.54) is 0 Å². The minimum atomic E-state index is -1.26. The standard InChI is InChI=1S/C13H15ClN2O.C4H4O4/c1-9-8-16(4-3-15-9)12-7-11(14)6-10-2-5-17-13(10)12;5-3(6)1-2-4(7)8/h2,5-7,9,15H,3-4,8H2,1H3;1-2H,(H,5,6)(H,7,8)/b;2-1+/t9-;/m0./s1. The third-order valence-electron chi connectivity index (χ3n) is 3.57. The number of fused-ring (bicyclic) bond motifs is 1. The summed E-state index contributed by atoms with van der Waals surface area (Å²) in [6.07, 6.45) is 2.83. The van der Waals surface area contributed by atoms with Gasteiger partial charge in [0.1, 0.15) is 0 Å². The van der Waals surface area contributed by atoms with Gasteiger partial charge in [-0.1, -0.05) is 11.6 Å². The molecule has 7 nitrogen and oxygen atoms in total. The summed E-state index contributed by atoms with van der Waals surface area (Å²) in [6.45, 7) is 5.16. The SMILES string of the molecule is C[C@H]1CN(c2cc(Cl)cc3ccoc23)CCN1.O=C(O)/C=C/C(=O)O. The number of carboxylic acid groups (broad SMARTS) is 2. The highest BCUT2D eigenvalue weighted by Gasteiger charge is 2.19. The second kappa shape index (κ2) is 8.55. The van der Waals surface area contributed by atoms with Gasteiger partial charge in [0, 0.05) is 48.2 Å². The summed E-state index contributed by atoms with van der Waals surface area (Å²) in [4.78, 5) is 21.4. The van der Waals surface area contributed by atoms with Gasteiger partial charge in [-0.15, -0.1) is 0 Å². The van der Waals surface area contributed by atoms with Crippen LogP contribution in [-0.2, 0) is 9.59 Å². The van der Waals surface area contributed by atoms with Crippen LogP contribution in [0, 0.1) is 0 Å². The molecule has 8 heteroatoms. The highest BCUT2D eigenvalue weighted by atomic mass is 35.5. The number of halogens is 1. The predicted octanol–water partition coefficient (Wildman–Crippen LogP) is 2.60. The Kier molecular flexibility index (Phi) is 6.44. The van der Waals surface area contributed by atoms with E-state index in [2.05, 4.69) is 17.1 Å². The van der Waals surface area contributed by atoms with Crippen molar-refractivity contribution in [2.75, 3.05) is 24.5 Å². The van der Waals surface area contributed by atoms with E-state index in [4.69, 9.17) is 26.2 Å². The average Bonchev–Trinajstić information content (AvgIpc) is 3.01. The Bertz CT molecular complexity index is 770. The quantitative estimate of drug-likeness (QED) is 0.717. The molecule has 1 aliphatic rings. The number of nitrogens with one attached hydrogen (secondary N) is 1. The molecular weight excluding hydrogens is 348 g/mol. The molecule has 0 saturated carbocycles. The van der Waals surface area contributed by atoms with E-state index in [0.717, 1.165) is 41.3 Å². The van der Waals surface area contributed by atoms with Crippen LogP contribution in [0.25, 0.3) is 11.0 Å². The summed E-state index contributed by atoms with van der Waals surface area (Å²) in [5, 5.41) is 20.9. The predicted molar refractivity (Wildman–Crippen MR) is 95.3 cm³/mol. The zero-order chi connectivity index (χ0) is 18.4. The molecule has 2 heterocycles. The van der Waals surface area contributed by atoms with Crippen LogP contribution < -0.4 is 10.2 Å². The summed E-state index contributed by atoms with van der Waals surface area (Å²) in [5.74, 6) is -2.51. The lowest BCUT2D eigenvalue weighted by atomic mass is 10.1. The molecular formula is C17H19ClN2O5. The van der Waals surface area contributed by atoms with Crippen LogP contribution >= 0.6 is 11.6 Å². The molecule has 25 heavy (non-hydrogen) atoms. The van der Waals surface area contributed by atoms with Gasteiger partial charge in [0.25, 0.3) is 0 Å². The van der Waals surface area contributed by atoms with Gasteiger partial charge >= 0.3 is 11.9 Å². The maximum absolute atomic E-state index is 9.55. The van der Waals surface area contributed by atoms with Gasteiger partial charge in [-0.25, -0.2) is 9.59 Å². The summed E-state index contributed by atoms with van der Waals surface area (Å²) in [6, 6.07) is 6.38. The normalized spacial score (nSPS) is 17.4. The van der Waals surface area contributed by atoms with Crippen LogP contribution in [0.2, 0.25) is 5.02 Å². The van der Waals surface area contributed by atoms with E-state index in [1.54, 1.807) is 6.26 Å². The van der Waals surface area contributed by atoms with Crippen LogP contribution in [0.3, 0.4) is 0 Å². The first-order valence-electron chi connectivity index (χ1n) is 7.66. The Morgan fingerprint density at radius 3 is 2.60 bits per heavy atom. The number of piperazine rings is 1. The zero-order valence-electron chi connectivity index (χ0n) is 13.6. The lowest BCUT2D eigenvalue weighted by Crippen LogP contribution is -2.49. The second-order valence-corrected chi connectivity index (χ2v) is 6.01. The molecule has 1 aromatic heterocycles. The summed E-state index contributed by atoms with van der Waals surface area (Å²) < 4.78 is 5.57. The van der Waals surface area contributed by atoms with Crippen molar-refractivity contribution in [2.24, 2.45) is 0 Å². The van der Waals surface area contributed by atoms with Gasteiger partial charge in [0.05, 0.1) is 12.0 Å². The summed E-state index contributed by atoms with van der Waals surface area (Å²) in [7, 11) is 0. The van der Waals surface area contributed by atoms with E-state index in [9.17, 15) is 9.59 Å². The maximum Gasteiger partial charge on any atom is 0.328 e. The van der Waals surface area contributed by atoms with Crippen molar-refractivity contribution in [2.45, 2.75) is 13.0 Å².